The van der Waals surface area contributed by atoms with Crippen molar-refractivity contribution in [2.75, 3.05) is 0 Å². The number of nitrogens with one attached hydrogen (secondary N) is 1. The van der Waals surface area contributed by atoms with Gasteiger partial charge in [0.2, 0.25) is 0 Å². The Morgan fingerprint density at radius 2 is 1.79 bits per heavy atom. The molecule has 2 aromatic carbocycles. The van der Waals surface area contributed by atoms with Gasteiger partial charge in [-0.25, -0.2) is 4.98 Å². The summed E-state index contributed by atoms with van der Waals surface area (Å²) in [4.78, 5) is 27.9. The van der Waals surface area contributed by atoms with E-state index in [0.29, 0.717) is 28.0 Å². The second-order valence-electron chi connectivity index (χ2n) is 7.40. The van der Waals surface area contributed by atoms with Gasteiger partial charge >= 0.3 is 5.97 Å². The molecule has 1 heterocycles. The Labute approximate surface area is 170 Å². The lowest BCUT2D eigenvalue weighted by molar-refractivity contribution is -0.138. The summed E-state index contributed by atoms with van der Waals surface area (Å²) in [7, 11) is 4.68. The highest BCUT2D eigenvalue weighted by Gasteiger charge is 2.31. The minimum absolute atomic E-state index is 0.225. The van der Waals surface area contributed by atoms with Gasteiger partial charge in [0.25, 0.3) is 5.91 Å². The summed E-state index contributed by atoms with van der Waals surface area (Å²) in [6.45, 7) is 1.71. The molecule has 0 aliphatic rings. The van der Waals surface area contributed by atoms with Crippen LogP contribution in [0.25, 0.3) is 10.8 Å². The molecule has 0 atom stereocenters. The first-order valence-electron chi connectivity index (χ1n) is 9.02. The van der Waals surface area contributed by atoms with Crippen molar-refractivity contribution in [1.29, 1.82) is 0 Å². The van der Waals surface area contributed by atoms with Gasteiger partial charge in [-0.2, -0.15) is 0 Å². The molecule has 3 aromatic rings. The molecule has 0 saturated heterocycles. The van der Waals surface area contributed by atoms with Gasteiger partial charge in [0.15, 0.2) is 11.4 Å². The molecule has 0 spiro atoms. The number of carbonyl (C=O) groups excluding carboxylic acids is 1. The first kappa shape index (κ1) is 20.3. The summed E-state index contributed by atoms with van der Waals surface area (Å²) < 4.78 is 5.88. The van der Waals surface area contributed by atoms with E-state index in [0.717, 1.165) is 5.46 Å². The highest BCUT2D eigenvalue weighted by Crippen LogP contribution is 2.33. The second kappa shape index (κ2) is 7.54. The van der Waals surface area contributed by atoms with Gasteiger partial charge in [0, 0.05) is 16.5 Å². The van der Waals surface area contributed by atoms with E-state index in [4.69, 9.17) is 4.74 Å². The van der Waals surface area contributed by atoms with Crippen LogP contribution in [0.2, 0.25) is 0 Å². The fourth-order valence-corrected chi connectivity index (χ4v) is 2.87. The Balaban J connectivity index is 1.97. The van der Waals surface area contributed by atoms with Crippen LogP contribution in [0, 0.1) is 6.92 Å². The molecule has 7 nitrogen and oxygen atoms in total. The molecule has 0 fully saturated rings. The number of ether oxygens (including phenoxy) is 1. The number of carboxylic acids is 1. The van der Waals surface area contributed by atoms with Crippen LogP contribution in [-0.4, -0.2) is 55.9 Å². The molecule has 29 heavy (non-hydrogen) atoms. The molecular weight excluding hydrogens is 369 g/mol. The third-order valence-electron chi connectivity index (χ3n) is 4.54. The van der Waals surface area contributed by atoms with Crippen LogP contribution in [0.15, 0.2) is 42.5 Å². The number of aryl methyl sites for hydroxylation is 1. The number of aromatic hydroxyl groups is 1. The number of aliphatic carboxylic acids is 1. The number of amides is 1. The zero-order valence-corrected chi connectivity index (χ0v) is 16.6. The number of aromatic nitrogens is 1. The lowest BCUT2D eigenvalue weighted by Crippen LogP contribution is -2.55. The van der Waals surface area contributed by atoms with Crippen molar-refractivity contribution in [2.45, 2.75) is 12.3 Å². The van der Waals surface area contributed by atoms with E-state index in [1.807, 2.05) is 32.1 Å². The number of rotatable bonds is 5. The van der Waals surface area contributed by atoms with Crippen LogP contribution in [0.4, 0.5) is 0 Å². The van der Waals surface area contributed by atoms with Gasteiger partial charge in [-0.1, -0.05) is 17.6 Å². The predicted octanol–water partition coefficient (Wildman–Crippen LogP) is -0.966. The van der Waals surface area contributed by atoms with E-state index >= 15 is 0 Å². The van der Waals surface area contributed by atoms with Crippen molar-refractivity contribution in [3.63, 3.8) is 0 Å². The minimum Gasteiger partial charge on any atom is -0.505 e. The largest absolute Gasteiger partial charge is 0.505 e. The molecule has 0 saturated carbocycles. The van der Waals surface area contributed by atoms with Crippen molar-refractivity contribution in [2.24, 2.45) is 0 Å². The van der Waals surface area contributed by atoms with Crippen molar-refractivity contribution in [3.05, 3.63) is 53.9 Å². The topological polar surface area (TPSA) is 109 Å². The summed E-state index contributed by atoms with van der Waals surface area (Å²) in [5, 5.41) is 21.7. The van der Waals surface area contributed by atoms with Crippen molar-refractivity contribution in [3.8, 4) is 17.2 Å². The van der Waals surface area contributed by atoms with Crippen LogP contribution >= 0.6 is 0 Å². The molecule has 0 bridgehead atoms. The van der Waals surface area contributed by atoms with Crippen LogP contribution < -0.4 is 15.5 Å². The number of pyridine rings is 1. The van der Waals surface area contributed by atoms with E-state index in [9.17, 15) is 19.8 Å². The quantitative estimate of drug-likeness (QED) is 0.486. The molecule has 0 aliphatic carbocycles. The molecule has 1 aromatic heterocycles. The Bertz CT molecular complexity index is 1130. The van der Waals surface area contributed by atoms with Gasteiger partial charge in [-0.15, -0.1) is 0 Å². The smallest absolute Gasteiger partial charge is 0.311 e. The number of fused-ring (bicyclic) bond motifs is 1. The lowest BCUT2D eigenvalue weighted by atomic mass is 9.62. The minimum atomic E-state index is -1.50. The van der Waals surface area contributed by atoms with E-state index < -0.39 is 17.2 Å². The van der Waals surface area contributed by atoms with Gasteiger partial charge in [-0.3, -0.25) is 9.59 Å². The van der Waals surface area contributed by atoms with E-state index in [-0.39, 0.29) is 11.4 Å². The van der Waals surface area contributed by atoms with Crippen LogP contribution in [-0.2, 0) is 4.79 Å². The summed E-state index contributed by atoms with van der Waals surface area (Å²) in [5.41, 5.74) is 1.35. The summed E-state index contributed by atoms with van der Waals surface area (Å²) in [6.07, 6.45) is 0. The third kappa shape index (κ3) is 4.21. The fraction of sp³-hybridized carbons (Fsp3) is 0.105. The number of hydrogen-bond acceptors (Lipinski definition) is 5. The Hall–Kier alpha value is -3.42. The first-order chi connectivity index (χ1) is 13.6. The molecular formula is C19H19B3N2O5. The highest BCUT2D eigenvalue weighted by molar-refractivity contribution is 6.51. The SMILES string of the molecule is Bc1cccc(Oc2ccc3c(O)c(C(=O)NC(B)(B)C(=O)O)nc(C)c3c2)c1. The number of carbonyl (C=O) groups is 2. The number of benzene rings is 2. The van der Waals surface area contributed by atoms with Gasteiger partial charge in [0.1, 0.15) is 35.0 Å². The van der Waals surface area contributed by atoms with Crippen molar-refractivity contribution in [1.82, 2.24) is 10.3 Å². The fourth-order valence-electron chi connectivity index (χ4n) is 2.87. The number of hydrogen-bond donors (Lipinski definition) is 3. The van der Waals surface area contributed by atoms with E-state index in [2.05, 4.69) is 10.3 Å². The monoisotopic (exact) mass is 388 g/mol. The molecule has 144 valence electrons. The molecule has 3 rings (SSSR count). The molecule has 0 radical (unpaired) electrons. The van der Waals surface area contributed by atoms with Gasteiger partial charge < -0.3 is 20.3 Å². The van der Waals surface area contributed by atoms with Crippen LogP contribution in [0.5, 0.6) is 17.2 Å². The molecule has 0 unspecified atom stereocenters. The molecule has 0 aliphatic heterocycles. The van der Waals surface area contributed by atoms with Crippen molar-refractivity contribution >= 4 is 51.7 Å². The van der Waals surface area contributed by atoms with Crippen LogP contribution in [0.1, 0.15) is 16.2 Å². The number of carboxylic acid groups (broad SMARTS) is 1. The molecule has 1 amide bonds. The molecule has 3 N–H and O–H groups in total. The van der Waals surface area contributed by atoms with Crippen molar-refractivity contribution < 1.29 is 24.5 Å². The normalized spacial score (nSPS) is 11.2. The standard InChI is InChI=1S/C19H19B3N2O5/c1-9-14-8-12(29-11-4-2-3-10(20)7-11)5-6-13(14)16(25)15(23-9)17(26)24-19(21,22)18(27)28/h2-8,25H,20-22H2,1H3,(H,24,26)(H,27,28). The average Bonchev–Trinajstić information content (AvgIpc) is 2.64. The van der Waals surface area contributed by atoms with Gasteiger partial charge in [0.05, 0.1) is 5.34 Å². The Morgan fingerprint density at radius 3 is 2.45 bits per heavy atom. The van der Waals surface area contributed by atoms with E-state index in [1.54, 1.807) is 25.1 Å². The van der Waals surface area contributed by atoms with Crippen LogP contribution in [0.3, 0.4) is 0 Å². The molecule has 10 heteroatoms. The maximum Gasteiger partial charge on any atom is 0.311 e. The highest BCUT2D eigenvalue weighted by atomic mass is 16.5. The Kier molecular flexibility index (Phi) is 5.28. The maximum absolute atomic E-state index is 12.5. The predicted molar refractivity (Wildman–Crippen MR) is 118 cm³/mol. The average molecular weight is 388 g/mol. The zero-order valence-electron chi connectivity index (χ0n) is 16.6. The second-order valence-corrected chi connectivity index (χ2v) is 7.40. The number of nitrogens with zero attached hydrogens (tertiary/aromatic N) is 1. The zero-order chi connectivity index (χ0) is 21.3. The summed E-state index contributed by atoms with van der Waals surface area (Å²) >= 11 is 0. The third-order valence-corrected chi connectivity index (χ3v) is 4.54. The first-order valence-corrected chi connectivity index (χ1v) is 9.02. The Morgan fingerprint density at radius 1 is 1.10 bits per heavy atom. The van der Waals surface area contributed by atoms with E-state index in [1.165, 1.54) is 15.7 Å². The maximum atomic E-state index is 12.5. The summed E-state index contributed by atoms with van der Waals surface area (Å²) in [5.74, 6) is -1.02. The summed E-state index contributed by atoms with van der Waals surface area (Å²) in [6, 6.07) is 12.7. The lowest BCUT2D eigenvalue weighted by Gasteiger charge is -2.21. The van der Waals surface area contributed by atoms with Gasteiger partial charge in [-0.05, 0) is 37.3 Å².